The van der Waals surface area contributed by atoms with E-state index in [4.69, 9.17) is 20.9 Å². The van der Waals surface area contributed by atoms with E-state index in [1.54, 1.807) is 13.8 Å². The summed E-state index contributed by atoms with van der Waals surface area (Å²) in [4.78, 5) is 33.9. The lowest BCUT2D eigenvalue weighted by Gasteiger charge is -2.31. The third-order valence-corrected chi connectivity index (χ3v) is 8.06. The molecule has 2 aromatic heterocycles. The van der Waals surface area contributed by atoms with Crippen molar-refractivity contribution in [3.05, 3.63) is 65.1 Å². The number of halogens is 4. The van der Waals surface area contributed by atoms with Crippen LogP contribution in [0.25, 0.3) is 21.5 Å². The molecule has 0 saturated carbocycles. The van der Waals surface area contributed by atoms with Crippen LogP contribution in [-0.2, 0) is 15.8 Å². The number of aliphatic hydroxyl groups is 1. The molecule has 1 aliphatic heterocycles. The third kappa shape index (κ3) is 5.36. The number of nitrogens with two attached hydrogens (primary N) is 2. The van der Waals surface area contributed by atoms with Crippen molar-refractivity contribution in [2.45, 2.75) is 44.1 Å². The number of aromatic nitrogens is 2. The monoisotopic (exact) mass is 633 g/mol. The molecule has 0 bridgehead atoms. The summed E-state index contributed by atoms with van der Waals surface area (Å²) >= 11 is 1.06. The molecule has 6 N–H and O–H groups in total. The Labute approximate surface area is 252 Å². The Morgan fingerprint density at radius 3 is 2.48 bits per heavy atom. The number of thiazole rings is 1. The van der Waals surface area contributed by atoms with Crippen LogP contribution in [0.2, 0.25) is 0 Å². The van der Waals surface area contributed by atoms with Gasteiger partial charge in [-0.15, -0.1) is 0 Å². The maximum Gasteiger partial charge on any atom is 0.424 e. The number of pyridine rings is 1. The normalized spacial score (nSPS) is 17.7. The first-order valence-corrected chi connectivity index (χ1v) is 14.0. The van der Waals surface area contributed by atoms with E-state index in [0.717, 1.165) is 29.5 Å². The fourth-order valence-corrected chi connectivity index (χ4v) is 5.53. The number of primary amides is 1. The number of nitrogens with one attached hydrogen (secondary N) is 1. The van der Waals surface area contributed by atoms with Crippen molar-refractivity contribution in [1.29, 1.82) is 0 Å². The molecule has 0 spiro atoms. The molecule has 44 heavy (non-hydrogen) atoms. The number of carbonyl (C=O) groups is 2. The number of amides is 2. The second-order valence-corrected chi connectivity index (χ2v) is 11.9. The number of fused-ring (bicyclic) bond motifs is 2. The molecule has 0 saturated heterocycles. The molecule has 2 aromatic carbocycles. The van der Waals surface area contributed by atoms with Gasteiger partial charge >= 0.3 is 6.18 Å². The van der Waals surface area contributed by atoms with Gasteiger partial charge in [0.2, 0.25) is 11.5 Å². The Kier molecular flexibility index (Phi) is 7.66. The van der Waals surface area contributed by atoms with Crippen molar-refractivity contribution in [3.8, 4) is 22.8 Å². The van der Waals surface area contributed by atoms with Gasteiger partial charge < -0.3 is 31.4 Å². The summed E-state index contributed by atoms with van der Waals surface area (Å²) in [5.41, 5.74) is 5.40. The highest BCUT2D eigenvalue weighted by Crippen LogP contribution is 2.47. The largest absolute Gasteiger partial charge is 0.489 e. The predicted molar refractivity (Wildman–Crippen MR) is 154 cm³/mol. The first-order chi connectivity index (χ1) is 20.5. The number of hydrogen-bond donors (Lipinski definition) is 4. The van der Waals surface area contributed by atoms with Crippen molar-refractivity contribution >= 4 is 38.5 Å². The Balaban J connectivity index is 1.58. The lowest BCUT2D eigenvalue weighted by atomic mass is 9.81. The number of carbonyl (C=O) groups excluding carboxylic acids is 2. The van der Waals surface area contributed by atoms with Crippen LogP contribution in [-0.4, -0.2) is 52.3 Å². The van der Waals surface area contributed by atoms with Crippen LogP contribution in [0.15, 0.2) is 42.5 Å². The summed E-state index contributed by atoms with van der Waals surface area (Å²) in [6.07, 6.45) is -5.68. The van der Waals surface area contributed by atoms with E-state index in [1.165, 1.54) is 31.2 Å². The Bertz CT molecular complexity index is 1780. The van der Waals surface area contributed by atoms with E-state index in [-0.39, 0.29) is 51.7 Å². The molecule has 10 nitrogen and oxygen atoms in total. The van der Waals surface area contributed by atoms with Gasteiger partial charge in [-0.05, 0) is 63.2 Å². The number of nitrogens with zero attached hydrogens (tertiary/aromatic N) is 2. The van der Waals surface area contributed by atoms with E-state index in [9.17, 15) is 32.3 Å². The van der Waals surface area contributed by atoms with E-state index in [0.29, 0.717) is 10.2 Å². The first-order valence-electron chi connectivity index (χ1n) is 13.2. The lowest BCUT2D eigenvalue weighted by Crippen LogP contribution is -2.51. The highest BCUT2D eigenvalue weighted by Gasteiger charge is 2.57. The smallest absolute Gasteiger partial charge is 0.424 e. The van der Waals surface area contributed by atoms with Crippen LogP contribution in [0.5, 0.6) is 11.5 Å². The SMILES string of the molecule is CC(C)Oc1cc(C(=O)NCC(O)(c2cc3c(c(-c4ccc(F)cc4)n2)OC[C@]3(C)C(N)=O)C(F)(F)F)cc2sc(N)nc12. The topological polar surface area (TPSA) is 163 Å². The van der Waals surface area contributed by atoms with E-state index >= 15 is 0 Å². The third-order valence-electron chi connectivity index (χ3n) is 7.23. The van der Waals surface area contributed by atoms with Crippen LogP contribution in [0.1, 0.15) is 42.4 Å². The highest BCUT2D eigenvalue weighted by atomic mass is 32.1. The molecule has 2 atom stereocenters. The molecule has 1 aliphatic rings. The minimum absolute atomic E-state index is 0.0370. The zero-order valence-corrected chi connectivity index (χ0v) is 24.4. The van der Waals surface area contributed by atoms with Gasteiger partial charge in [0.25, 0.3) is 5.91 Å². The molecule has 3 heterocycles. The van der Waals surface area contributed by atoms with Crippen LogP contribution in [0, 0.1) is 5.82 Å². The second kappa shape index (κ2) is 10.9. The number of rotatable bonds is 8. The zero-order chi connectivity index (χ0) is 32.2. The number of nitrogen functional groups attached to an aromatic ring is 1. The zero-order valence-electron chi connectivity index (χ0n) is 23.6. The maximum atomic E-state index is 14.7. The van der Waals surface area contributed by atoms with Gasteiger partial charge in [0.05, 0.1) is 23.0 Å². The van der Waals surface area contributed by atoms with Crippen LogP contribution >= 0.6 is 11.3 Å². The standard InChI is InChI=1S/C29H27F4N5O5S/c1-13(2)43-18-8-15(9-19-22(18)38-26(35)44-19)24(39)36-11-28(41,29(31,32)33)20-10-17-23(42-12-27(17,3)25(34)40)21(37-20)14-4-6-16(30)7-5-14/h4-10,13,41H,11-12H2,1-3H3,(H2,34,40)(H2,35,38)(H,36,39)/t27-,28?/m0/s1. The quantitative estimate of drug-likeness (QED) is 0.210. The Hall–Kier alpha value is -4.50. The number of benzene rings is 2. The van der Waals surface area contributed by atoms with Crippen molar-refractivity contribution in [1.82, 2.24) is 15.3 Å². The summed E-state index contributed by atoms with van der Waals surface area (Å²) in [6.45, 7) is 3.21. The molecule has 2 amide bonds. The molecule has 0 aliphatic carbocycles. The molecule has 15 heteroatoms. The summed E-state index contributed by atoms with van der Waals surface area (Å²) < 4.78 is 69.6. The van der Waals surface area contributed by atoms with Gasteiger partial charge in [-0.25, -0.2) is 14.4 Å². The summed E-state index contributed by atoms with van der Waals surface area (Å²) in [6, 6.07) is 8.27. The van der Waals surface area contributed by atoms with Gasteiger partial charge in [-0.2, -0.15) is 13.2 Å². The van der Waals surface area contributed by atoms with Gasteiger partial charge in [-0.1, -0.05) is 11.3 Å². The summed E-state index contributed by atoms with van der Waals surface area (Å²) in [5, 5.41) is 13.6. The number of ether oxygens (including phenoxy) is 2. The highest BCUT2D eigenvalue weighted by molar-refractivity contribution is 7.22. The lowest BCUT2D eigenvalue weighted by molar-refractivity contribution is -0.265. The van der Waals surface area contributed by atoms with Gasteiger partial charge in [0.1, 0.15) is 40.5 Å². The molecule has 0 fully saturated rings. The second-order valence-electron chi connectivity index (χ2n) is 10.8. The van der Waals surface area contributed by atoms with Crippen molar-refractivity contribution in [2.75, 3.05) is 18.9 Å². The molecule has 232 valence electrons. The fraction of sp³-hybridized carbons (Fsp3) is 0.310. The van der Waals surface area contributed by atoms with E-state index in [1.807, 2.05) is 0 Å². The molecule has 1 unspecified atom stereocenters. The molecule has 5 rings (SSSR count). The molecule has 0 radical (unpaired) electrons. The predicted octanol–water partition coefficient (Wildman–Crippen LogP) is 4.18. The summed E-state index contributed by atoms with van der Waals surface area (Å²) in [5.74, 6) is -2.29. The molecular weight excluding hydrogens is 606 g/mol. The van der Waals surface area contributed by atoms with Crippen molar-refractivity contribution < 1.29 is 41.7 Å². The van der Waals surface area contributed by atoms with Crippen LogP contribution in [0.4, 0.5) is 22.7 Å². The Morgan fingerprint density at radius 2 is 1.86 bits per heavy atom. The van der Waals surface area contributed by atoms with E-state index < -0.39 is 47.1 Å². The first kappa shape index (κ1) is 30.9. The molecule has 4 aromatic rings. The minimum Gasteiger partial charge on any atom is -0.489 e. The van der Waals surface area contributed by atoms with Crippen molar-refractivity contribution in [2.24, 2.45) is 5.73 Å². The number of hydrogen-bond acceptors (Lipinski definition) is 9. The maximum absolute atomic E-state index is 14.7. The minimum atomic E-state index is -5.37. The van der Waals surface area contributed by atoms with Gasteiger partial charge in [-0.3, -0.25) is 9.59 Å². The summed E-state index contributed by atoms with van der Waals surface area (Å²) in [7, 11) is 0. The van der Waals surface area contributed by atoms with E-state index in [2.05, 4.69) is 15.3 Å². The van der Waals surface area contributed by atoms with Gasteiger partial charge in [0, 0.05) is 16.7 Å². The number of anilines is 1. The van der Waals surface area contributed by atoms with Crippen molar-refractivity contribution in [3.63, 3.8) is 0 Å². The number of alkyl halides is 3. The average molecular weight is 634 g/mol. The van der Waals surface area contributed by atoms with Crippen LogP contribution < -0.4 is 26.3 Å². The average Bonchev–Trinajstić information content (AvgIpc) is 3.50. The molecular formula is C29H27F4N5O5S. The fourth-order valence-electron chi connectivity index (χ4n) is 4.74. The van der Waals surface area contributed by atoms with Gasteiger partial charge in [0.15, 0.2) is 5.13 Å². The Morgan fingerprint density at radius 1 is 1.18 bits per heavy atom. The van der Waals surface area contributed by atoms with Crippen LogP contribution in [0.3, 0.4) is 0 Å².